The Morgan fingerprint density at radius 3 is 1.56 bits per heavy atom. The summed E-state index contributed by atoms with van der Waals surface area (Å²) in [6, 6.07) is 31.2. The van der Waals surface area contributed by atoms with Crippen molar-refractivity contribution in [1.29, 1.82) is 0 Å². The van der Waals surface area contributed by atoms with Crippen molar-refractivity contribution >= 4 is 74.5 Å². The first kappa shape index (κ1) is 25.5. The molecule has 0 aliphatic carbocycles. The zero-order chi connectivity index (χ0) is 25.6. The van der Waals surface area contributed by atoms with Crippen LogP contribution in [0.15, 0.2) is 109 Å². The van der Waals surface area contributed by atoms with Crippen molar-refractivity contribution in [1.82, 2.24) is 0 Å². The van der Waals surface area contributed by atoms with Crippen LogP contribution in [0.25, 0.3) is 21.9 Å². The second-order valence-electron chi connectivity index (χ2n) is 8.81. The molecule has 180 valence electrons. The van der Waals surface area contributed by atoms with Crippen LogP contribution in [0.1, 0.15) is 23.6 Å². The molecular weight excluding hydrogens is 712 g/mol. The van der Waals surface area contributed by atoms with Gasteiger partial charge >= 0.3 is 0 Å². The Kier molecular flexibility index (Phi) is 7.07. The van der Waals surface area contributed by atoms with Crippen molar-refractivity contribution in [2.45, 2.75) is 12.3 Å². The van der Waals surface area contributed by atoms with Crippen LogP contribution in [-0.2, 0) is 5.41 Å². The Labute approximate surface area is 243 Å². The molecule has 0 aliphatic rings. The van der Waals surface area contributed by atoms with Gasteiger partial charge in [-0.3, -0.25) is 0 Å². The molecule has 0 aliphatic heterocycles. The lowest BCUT2D eigenvalue weighted by Gasteiger charge is -2.33. The molecule has 5 aromatic rings. The van der Waals surface area contributed by atoms with Crippen molar-refractivity contribution in [3.8, 4) is 22.6 Å². The van der Waals surface area contributed by atoms with E-state index in [-0.39, 0.29) is 11.5 Å². The van der Waals surface area contributed by atoms with Crippen LogP contribution >= 0.6 is 63.7 Å². The quantitative estimate of drug-likeness (QED) is 0.181. The van der Waals surface area contributed by atoms with E-state index in [4.69, 9.17) is 0 Å². The van der Waals surface area contributed by atoms with E-state index in [1.807, 2.05) is 24.3 Å². The fraction of sp³-hybridized carbons (Fsp3) is 0.0667. The maximum Gasteiger partial charge on any atom is 0.143 e. The number of rotatable bonds is 4. The predicted molar refractivity (Wildman–Crippen MR) is 162 cm³/mol. The number of fused-ring (bicyclic) bond motifs is 1. The molecule has 5 rings (SSSR count). The first-order valence-electron chi connectivity index (χ1n) is 11.2. The van der Waals surface area contributed by atoms with Gasteiger partial charge in [-0.05, 0) is 133 Å². The lowest BCUT2D eigenvalue weighted by molar-refractivity contribution is 0.467. The van der Waals surface area contributed by atoms with Gasteiger partial charge in [-0.15, -0.1) is 0 Å². The lowest BCUT2D eigenvalue weighted by atomic mass is 9.71. The number of aromatic hydroxyl groups is 2. The first-order valence-corrected chi connectivity index (χ1v) is 14.3. The third-order valence-electron chi connectivity index (χ3n) is 6.75. The molecule has 0 amide bonds. The van der Waals surface area contributed by atoms with Crippen LogP contribution in [0.4, 0.5) is 0 Å². The standard InChI is InChI=1S/C30H20Br4O2/c1-30(20-13-24(31)28(35)25(32)14-20,21-15-26(33)29(36)27(34)16-21)19-11-9-18(10-12-19)23-8-4-6-17-5-2-3-7-22(17)23/h2-16,35-36H,1H3. The molecule has 0 atom stereocenters. The first-order chi connectivity index (χ1) is 17.2. The number of hydrogen-bond donors (Lipinski definition) is 2. The van der Waals surface area contributed by atoms with E-state index in [1.54, 1.807) is 0 Å². The van der Waals surface area contributed by atoms with E-state index >= 15 is 0 Å². The summed E-state index contributed by atoms with van der Waals surface area (Å²) in [6.45, 7) is 2.15. The molecule has 0 bridgehead atoms. The molecule has 0 saturated carbocycles. The highest BCUT2D eigenvalue weighted by Gasteiger charge is 2.33. The van der Waals surface area contributed by atoms with E-state index in [9.17, 15) is 10.2 Å². The summed E-state index contributed by atoms with van der Waals surface area (Å²) < 4.78 is 2.40. The summed E-state index contributed by atoms with van der Waals surface area (Å²) in [5.41, 5.74) is 4.74. The van der Waals surface area contributed by atoms with E-state index in [0.717, 1.165) is 22.3 Å². The Hall–Kier alpha value is -2.12. The summed E-state index contributed by atoms with van der Waals surface area (Å²) in [7, 11) is 0. The molecule has 0 fully saturated rings. The van der Waals surface area contributed by atoms with Gasteiger partial charge in [-0.25, -0.2) is 0 Å². The normalized spacial score (nSPS) is 11.7. The Morgan fingerprint density at radius 1 is 0.556 bits per heavy atom. The van der Waals surface area contributed by atoms with Crippen LogP contribution < -0.4 is 0 Å². The van der Waals surface area contributed by atoms with Gasteiger partial charge in [0.2, 0.25) is 0 Å². The fourth-order valence-corrected chi connectivity index (χ4v) is 7.04. The van der Waals surface area contributed by atoms with E-state index < -0.39 is 5.41 Å². The second-order valence-corrected chi connectivity index (χ2v) is 12.2. The van der Waals surface area contributed by atoms with Crippen LogP contribution in [0.5, 0.6) is 11.5 Å². The van der Waals surface area contributed by atoms with Crippen molar-refractivity contribution in [2.24, 2.45) is 0 Å². The maximum absolute atomic E-state index is 10.4. The molecule has 0 unspecified atom stereocenters. The second kappa shape index (κ2) is 9.97. The van der Waals surface area contributed by atoms with Gasteiger partial charge in [0.05, 0.1) is 17.9 Å². The van der Waals surface area contributed by atoms with E-state index in [0.29, 0.717) is 17.9 Å². The molecule has 0 saturated heterocycles. The zero-order valence-electron chi connectivity index (χ0n) is 19.1. The predicted octanol–water partition coefficient (Wildman–Crippen LogP) is 10.3. The van der Waals surface area contributed by atoms with Gasteiger partial charge in [0.25, 0.3) is 0 Å². The number of benzene rings is 5. The molecular formula is C30H20Br4O2. The lowest BCUT2D eigenvalue weighted by Crippen LogP contribution is -2.25. The highest BCUT2D eigenvalue weighted by atomic mass is 79.9. The van der Waals surface area contributed by atoms with E-state index in [1.165, 1.54) is 16.3 Å². The molecule has 0 aromatic heterocycles. The molecule has 0 radical (unpaired) electrons. The number of phenolic OH excluding ortho intramolecular Hbond substituents is 2. The third kappa shape index (κ3) is 4.43. The molecule has 36 heavy (non-hydrogen) atoms. The van der Waals surface area contributed by atoms with Crippen molar-refractivity contribution < 1.29 is 10.2 Å². The topological polar surface area (TPSA) is 40.5 Å². The number of halogens is 4. The molecule has 5 aromatic carbocycles. The fourth-order valence-electron chi connectivity index (χ4n) is 4.67. The number of hydrogen-bond acceptors (Lipinski definition) is 2. The van der Waals surface area contributed by atoms with Gasteiger partial charge in [-0.1, -0.05) is 66.7 Å². The van der Waals surface area contributed by atoms with Crippen LogP contribution in [0.2, 0.25) is 0 Å². The largest absolute Gasteiger partial charge is 0.506 e. The average Bonchev–Trinajstić information content (AvgIpc) is 2.89. The highest BCUT2D eigenvalue weighted by Crippen LogP contribution is 2.47. The van der Waals surface area contributed by atoms with Gasteiger partial charge < -0.3 is 10.2 Å². The van der Waals surface area contributed by atoms with Gasteiger partial charge in [0.15, 0.2) is 0 Å². The third-order valence-corrected chi connectivity index (χ3v) is 9.17. The minimum Gasteiger partial charge on any atom is -0.506 e. The van der Waals surface area contributed by atoms with Gasteiger partial charge in [0.1, 0.15) is 11.5 Å². The molecule has 6 heteroatoms. The summed E-state index contributed by atoms with van der Waals surface area (Å²) in [5.74, 6) is 0.306. The summed E-state index contributed by atoms with van der Waals surface area (Å²) >= 11 is 14.0. The van der Waals surface area contributed by atoms with Gasteiger partial charge in [0, 0.05) is 5.41 Å². The van der Waals surface area contributed by atoms with Crippen molar-refractivity contribution in [3.63, 3.8) is 0 Å². The molecule has 0 heterocycles. The molecule has 2 nitrogen and oxygen atoms in total. The minimum absolute atomic E-state index is 0.153. The maximum atomic E-state index is 10.4. The van der Waals surface area contributed by atoms with Gasteiger partial charge in [-0.2, -0.15) is 0 Å². The molecule has 2 N–H and O–H groups in total. The van der Waals surface area contributed by atoms with Crippen LogP contribution in [0, 0.1) is 0 Å². The monoisotopic (exact) mass is 728 g/mol. The Morgan fingerprint density at radius 2 is 1.03 bits per heavy atom. The smallest absolute Gasteiger partial charge is 0.143 e. The zero-order valence-corrected chi connectivity index (χ0v) is 25.4. The Balaban J connectivity index is 1.71. The van der Waals surface area contributed by atoms with Crippen LogP contribution in [-0.4, -0.2) is 10.2 Å². The average molecular weight is 732 g/mol. The summed E-state index contributed by atoms with van der Waals surface area (Å²) in [4.78, 5) is 0. The number of phenols is 2. The Bertz CT molecular complexity index is 1500. The van der Waals surface area contributed by atoms with Crippen LogP contribution in [0.3, 0.4) is 0 Å². The highest BCUT2D eigenvalue weighted by molar-refractivity contribution is 9.11. The molecule has 0 spiro atoms. The minimum atomic E-state index is -0.602. The SMILES string of the molecule is CC(c1ccc(-c2cccc3ccccc23)cc1)(c1cc(Br)c(O)c(Br)c1)c1cc(Br)c(O)c(Br)c1. The van der Waals surface area contributed by atoms with Crippen molar-refractivity contribution in [2.75, 3.05) is 0 Å². The van der Waals surface area contributed by atoms with E-state index in [2.05, 4.69) is 137 Å². The summed E-state index contributed by atoms with van der Waals surface area (Å²) in [6.07, 6.45) is 0. The van der Waals surface area contributed by atoms with Crippen molar-refractivity contribution in [3.05, 3.63) is 126 Å². The summed E-state index contributed by atoms with van der Waals surface area (Å²) in [5, 5.41) is 23.2.